The maximum absolute atomic E-state index is 10.7. The Morgan fingerprint density at radius 2 is 2.04 bits per heavy atom. The van der Waals surface area contributed by atoms with Gasteiger partial charge in [0.25, 0.3) is 0 Å². The predicted molar refractivity (Wildman–Crippen MR) is 101 cm³/mol. The van der Waals surface area contributed by atoms with Crippen molar-refractivity contribution in [3.05, 3.63) is 33.0 Å². The van der Waals surface area contributed by atoms with Gasteiger partial charge in [0, 0.05) is 11.3 Å². The molecule has 0 aromatic heterocycles. The van der Waals surface area contributed by atoms with E-state index in [-0.39, 0.29) is 22.5 Å². The Kier molecular flexibility index (Phi) is 3.18. The first-order valence-electron chi connectivity index (χ1n) is 9.18. The molecule has 1 saturated carbocycles. The molecule has 4 heteroatoms. The SMILES string of the molecule is C[C@H]1CC23CC[C@@]4(O2)C(=CC[C@]2(C)C(I)=CC[C@H]24)C=C3[C@@H](O)[C@@H]1O. The highest BCUT2D eigenvalue weighted by atomic mass is 127. The maximum atomic E-state index is 10.7. The lowest BCUT2D eigenvalue weighted by molar-refractivity contribution is -0.159. The third-order valence-electron chi connectivity index (χ3n) is 7.64. The average Bonchev–Trinajstić information content (AvgIpc) is 3.02. The highest BCUT2D eigenvalue weighted by Crippen LogP contribution is 2.67. The minimum atomic E-state index is -0.791. The van der Waals surface area contributed by atoms with Crippen molar-refractivity contribution in [2.75, 3.05) is 0 Å². The van der Waals surface area contributed by atoms with Crippen LogP contribution in [0.5, 0.6) is 0 Å². The van der Waals surface area contributed by atoms with Crippen molar-refractivity contribution in [3.63, 3.8) is 0 Å². The van der Waals surface area contributed by atoms with Crippen molar-refractivity contribution in [1.82, 2.24) is 0 Å². The van der Waals surface area contributed by atoms with Crippen LogP contribution in [0.1, 0.15) is 46.0 Å². The van der Waals surface area contributed by atoms with Crippen LogP contribution in [-0.2, 0) is 4.74 Å². The average molecular weight is 440 g/mol. The zero-order valence-corrected chi connectivity index (χ0v) is 16.4. The molecular weight excluding hydrogens is 415 g/mol. The van der Waals surface area contributed by atoms with E-state index in [1.165, 1.54) is 9.15 Å². The lowest BCUT2D eigenvalue weighted by Gasteiger charge is -2.54. The summed E-state index contributed by atoms with van der Waals surface area (Å²) in [4.78, 5) is 0. The summed E-state index contributed by atoms with van der Waals surface area (Å²) in [6, 6.07) is 0. The molecule has 2 heterocycles. The lowest BCUT2D eigenvalue weighted by Crippen LogP contribution is -2.57. The Morgan fingerprint density at radius 3 is 2.83 bits per heavy atom. The second kappa shape index (κ2) is 4.76. The standard InChI is InChI=1S/C20H25IO3/c1-11-10-19-7-8-20(24-19)12(9-13(19)17(23)16(11)22)5-6-18(2)14(20)3-4-15(18)21/h4-5,9,11,14,16-17,22-23H,3,6-8,10H2,1-2H3/t11-,14+,16+,17+,18-,19?,20+/m0/s1. The number of allylic oxidation sites excluding steroid dienone is 3. The van der Waals surface area contributed by atoms with Crippen LogP contribution in [0.4, 0.5) is 0 Å². The minimum Gasteiger partial charge on any atom is -0.390 e. The molecule has 130 valence electrons. The third kappa shape index (κ3) is 1.69. The first-order chi connectivity index (χ1) is 11.3. The van der Waals surface area contributed by atoms with Gasteiger partial charge in [-0.05, 0) is 75.3 Å². The van der Waals surface area contributed by atoms with Crippen LogP contribution in [0.15, 0.2) is 33.0 Å². The molecule has 5 rings (SSSR count). The van der Waals surface area contributed by atoms with E-state index < -0.39 is 12.2 Å². The van der Waals surface area contributed by atoms with Crippen molar-refractivity contribution >= 4 is 22.6 Å². The summed E-state index contributed by atoms with van der Waals surface area (Å²) in [5.74, 6) is 0.558. The zero-order valence-electron chi connectivity index (χ0n) is 14.3. The highest BCUT2D eigenvalue weighted by Gasteiger charge is 2.66. The quantitative estimate of drug-likeness (QED) is 0.566. The number of fused-ring (bicyclic) bond motifs is 1. The normalized spacial score (nSPS) is 55.1. The molecule has 3 nitrogen and oxygen atoms in total. The Bertz CT molecular complexity index is 710. The number of aliphatic hydroxyl groups excluding tert-OH is 2. The van der Waals surface area contributed by atoms with Crippen LogP contribution in [0.2, 0.25) is 0 Å². The summed E-state index contributed by atoms with van der Waals surface area (Å²) in [7, 11) is 0. The Balaban J connectivity index is 1.66. The van der Waals surface area contributed by atoms with E-state index in [4.69, 9.17) is 4.74 Å². The summed E-state index contributed by atoms with van der Waals surface area (Å²) >= 11 is 2.52. The van der Waals surface area contributed by atoms with Gasteiger partial charge in [-0.25, -0.2) is 0 Å². The van der Waals surface area contributed by atoms with Gasteiger partial charge < -0.3 is 14.9 Å². The summed E-state index contributed by atoms with van der Waals surface area (Å²) in [5, 5.41) is 21.0. The summed E-state index contributed by atoms with van der Waals surface area (Å²) in [6.45, 7) is 4.42. The van der Waals surface area contributed by atoms with E-state index in [0.29, 0.717) is 5.92 Å². The molecule has 2 bridgehead atoms. The fraction of sp³-hybridized carbons (Fsp3) is 0.700. The Hall–Kier alpha value is -0.170. The molecule has 3 aliphatic carbocycles. The number of rotatable bonds is 0. The van der Waals surface area contributed by atoms with Crippen LogP contribution in [0.25, 0.3) is 0 Å². The van der Waals surface area contributed by atoms with Gasteiger partial charge in [0.05, 0.1) is 17.3 Å². The van der Waals surface area contributed by atoms with Crippen LogP contribution >= 0.6 is 22.6 Å². The number of ether oxygens (including phenoxy) is 1. The predicted octanol–water partition coefficient (Wildman–Crippen LogP) is 3.65. The first-order valence-corrected chi connectivity index (χ1v) is 10.3. The molecule has 0 aromatic rings. The van der Waals surface area contributed by atoms with Crippen LogP contribution in [-0.4, -0.2) is 33.6 Å². The molecule has 0 amide bonds. The fourth-order valence-electron chi connectivity index (χ4n) is 6.24. The molecule has 1 saturated heterocycles. The molecule has 2 fully saturated rings. The Labute approximate surface area is 157 Å². The third-order valence-corrected chi connectivity index (χ3v) is 9.31. The topological polar surface area (TPSA) is 49.7 Å². The van der Waals surface area contributed by atoms with Gasteiger partial charge >= 0.3 is 0 Å². The van der Waals surface area contributed by atoms with Gasteiger partial charge in [-0.2, -0.15) is 0 Å². The highest BCUT2D eigenvalue weighted by molar-refractivity contribution is 14.1. The molecular formula is C20H25IO3. The summed E-state index contributed by atoms with van der Waals surface area (Å²) < 4.78 is 8.43. The van der Waals surface area contributed by atoms with E-state index in [9.17, 15) is 10.2 Å². The zero-order chi connectivity index (χ0) is 16.9. The van der Waals surface area contributed by atoms with Crippen molar-refractivity contribution in [2.24, 2.45) is 17.3 Å². The number of aliphatic hydroxyl groups is 2. The maximum Gasteiger partial charge on any atom is 0.104 e. The monoisotopic (exact) mass is 440 g/mol. The second-order valence-corrected chi connectivity index (χ2v) is 9.99. The molecule has 1 unspecified atom stereocenters. The first kappa shape index (κ1) is 16.0. The van der Waals surface area contributed by atoms with Crippen molar-refractivity contribution in [1.29, 1.82) is 0 Å². The van der Waals surface area contributed by atoms with E-state index >= 15 is 0 Å². The van der Waals surface area contributed by atoms with Crippen molar-refractivity contribution in [2.45, 2.75) is 69.4 Å². The van der Waals surface area contributed by atoms with Crippen molar-refractivity contribution < 1.29 is 14.9 Å². The van der Waals surface area contributed by atoms with Gasteiger partial charge in [-0.1, -0.05) is 32.1 Å². The smallest absolute Gasteiger partial charge is 0.104 e. The molecule has 0 aromatic carbocycles. The number of hydrogen-bond acceptors (Lipinski definition) is 3. The molecule has 0 radical (unpaired) electrons. The minimum absolute atomic E-state index is 0.0645. The van der Waals surface area contributed by atoms with E-state index in [1.807, 2.05) is 6.92 Å². The summed E-state index contributed by atoms with van der Waals surface area (Å²) in [6.07, 6.45) is 10.4. The molecule has 5 aliphatic rings. The fourth-order valence-corrected chi connectivity index (χ4v) is 7.09. The van der Waals surface area contributed by atoms with Gasteiger partial charge in [0.1, 0.15) is 6.10 Å². The molecule has 24 heavy (non-hydrogen) atoms. The molecule has 2 spiro atoms. The van der Waals surface area contributed by atoms with Crippen LogP contribution in [0, 0.1) is 17.3 Å². The molecule has 7 atom stereocenters. The van der Waals surface area contributed by atoms with Gasteiger partial charge in [0.15, 0.2) is 0 Å². The largest absolute Gasteiger partial charge is 0.390 e. The Morgan fingerprint density at radius 1 is 1.25 bits per heavy atom. The summed E-state index contributed by atoms with van der Waals surface area (Å²) in [5.41, 5.74) is 1.83. The van der Waals surface area contributed by atoms with E-state index in [0.717, 1.165) is 37.7 Å². The van der Waals surface area contributed by atoms with Gasteiger partial charge in [-0.15, -0.1) is 0 Å². The number of hydrogen-bond donors (Lipinski definition) is 2. The lowest BCUT2D eigenvalue weighted by atomic mass is 9.61. The van der Waals surface area contributed by atoms with Gasteiger partial charge in [-0.3, -0.25) is 0 Å². The van der Waals surface area contributed by atoms with E-state index in [1.54, 1.807) is 0 Å². The van der Waals surface area contributed by atoms with E-state index in [2.05, 4.69) is 47.7 Å². The molecule has 2 aliphatic heterocycles. The molecule has 2 N–H and O–H groups in total. The van der Waals surface area contributed by atoms with Crippen molar-refractivity contribution in [3.8, 4) is 0 Å². The van der Waals surface area contributed by atoms with Crippen LogP contribution < -0.4 is 0 Å². The second-order valence-electron chi connectivity index (χ2n) is 8.82. The number of halogens is 1. The van der Waals surface area contributed by atoms with Gasteiger partial charge in [0.2, 0.25) is 0 Å². The van der Waals surface area contributed by atoms with Crippen LogP contribution in [0.3, 0.4) is 0 Å².